The van der Waals surface area contributed by atoms with Gasteiger partial charge in [0.1, 0.15) is 5.82 Å². The van der Waals surface area contributed by atoms with Gasteiger partial charge in [0, 0.05) is 54.0 Å². The molecule has 9 heteroatoms. The summed E-state index contributed by atoms with van der Waals surface area (Å²) in [6, 6.07) is 28.2. The summed E-state index contributed by atoms with van der Waals surface area (Å²) < 4.78 is 13.9. The Morgan fingerprint density at radius 1 is 0.582 bits per heavy atom. The number of fused-ring (bicyclic) bond motifs is 2. The number of carbonyl (C=O) groups excluding carboxylic acids is 4. The van der Waals surface area contributed by atoms with Crippen LogP contribution in [0, 0.1) is 31.5 Å². The highest BCUT2D eigenvalue weighted by atomic mass is 19.1. The van der Waals surface area contributed by atoms with Crippen LogP contribution < -0.4 is 0 Å². The van der Waals surface area contributed by atoms with Gasteiger partial charge in [-0.1, -0.05) is 83.9 Å². The molecule has 8 nitrogen and oxygen atoms in total. The molecule has 0 aliphatic carbocycles. The first-order valence-corrected chi connectivity index (χ1v) is 19.7. The number of ketones is 2. The minimum absolute atomic E-state index is 0.0634. The van der Waals surface area contributed by atoms with Gasteiger partial charge in [0.2, 0.25) is 0 Å². The molecule has 0 unspecified atom stereocenters. The quantitative estimate of drug-likeness (QED) is 0.160. The van der Waals surface area contributed by atoms with Crippen LogP contribution in [0.3, 0.4) is 0 Å². The van der Waals surface area contributed by atoms with Gasteiger partial charge in [-0.2, -0.15) is 0 Å². The lowest BCUT2D eigenvalue weighted by Crippen LogP contribution is -2.41. The molecule has 4 aromatic carbocycles. The number of halogens is 1. The highest BCUT2D eigenvalue weighted by Crippen LogP contribution is 2.29. The number of hydrogen-bond acceptors (Lipinski definition) is 6. The topological polar surface area (TPSA) is 81.2 Å². The summed E-state index contributed by atoms with van der Waals surface area (Å²) in [6.07, 6.45) is 3.98. The molecule has 0 bridgehead atoms. The molecule has 4 aliphatic rings. The van der Waals surface area contributed by atoms with E-state index >= 15 is 0 Å². The van der Waals surface area contributed by atoms with Gasteiger partial charge in [-0.25, -0.2) is 4.39 Å². The summed E-state index contributed by atoms with van der Waals surface area (Å²) in [7, 11) is 0. The van der Waals surface area contributed by atoms with Crippen molar-refractivity contribution >= 4 is 23.4 Å². The molecule has 4 heterocycles. The SMILES string of the molecule is Cc1ccc(C(=O)CN2CCC(CN3Cc4c(F)cccc4C3=O)CC2)cc1.Cc1ccc(C(=O)CN2CCC(CN3Cc4ccccc4C3=O)CC2)cc1. The van der Waals surface area contributed by atoms with Gasteiger partial charge in [-0.05, 0) is 101 Å². The number of nitrogens with zero attached hydrogens (tertiary/aromatic N) is 4. The number of amides is 2. The second-order valence-corrected chi connectivity index (χ2v) is 15.8. The van der Waals surface area contributed by atoms with Crippen molar-refractivity contribution in [2.45, 2.75) is 52.6 Å². The van der Waals surface area contributed by atoms with Crippen LogP contribution in [-0.2, 0) is 13.1 Å². The third-order valence-corrected chi connectivity index (χ3v) is 11.7. The average molecular weight is 743 g/mol. The average Bonchev–Trinajstić information content (AvgIpc) is 3.69. The van der Waals surface area contributed by atoms with Gasteiger partial charge in [0.05, 0.1) is 13.1 Å². The van der Waals surface area contributed by atoms with Crippen molar-refractivity contribution in [1.29, 1.82) is 0 Å². The molecule has 55 heavy (non-hydrogen) atoms. The maximum absolute atomic E-state index is 13.9. The number of carbonyl (C=O) groups is 4. The first kappa shape index (κ1) is 38.3. The third-order valence-electron chi connectivity index (χ3n) is 11.7. The van der Waals surface area contributed by atoms with Crippen molar-refractivity contribution in [3.05, 3.63) is 141 Å². The van der Waals surface area contributed by atoms with E-state index in [1.165, 1.54) is 11.6 Å². The van der Waals surface area contributed by atoms with Gasteiger partial charge in [0.25, 0.3) is 11.8 Å². The van der Waals surface area contributed by atoms with E-state index in [0.717, 1.165) is 92.8 Å². The molecule has 0 aromatic heterocycles. The lowest BCUT2D eigenvalue weighted by molar-refractivity contribution is 0.0697. The predicted octanol–water partition coefficient (Wildman–Crippen LogP) is 7.23. The number of piperidine rings is 2. The van der Waals surface area contributed by atoms with Gasteiger partial charge in [-0.3, -0.25) is 29.0 Å². The van der Waals surface area contributed by atoms with Gasteiger partial charge >= 0.3 is 0 Å². The second kappa shape index (κ2) is 17.2. The standard InChI is InChI=1S/C23H25FN2O2.C23H26N2O2/c1-16-5-7-18(8-6-16)22(27)15-25-11-9-17(10-12-25)13-26-14-20-19(23(26)28)3-2-4-21(20)24;1-17-6-8-19(9-7-17)22(26)16-24-12-10-18(11-13-24)14-25-15-20-4-2-3-5-21(20)23(25)27/h2-8,17H,9-15H2,1H3;2-9,18H,10-16H2,1H3. The summed E-state index contributed by atoms with van der Waals surface area (Å²) in [5.74, 6) is 1.07. The molecule has 0 spiro atoms. The van der Waals surface area contributed by atoms with E-state index in [-0.39, 0.29) is 29.2 Å². The minimum atomic E-state index is -0.294. The van der Waals surface area contributed by atoms with Crippen molar-refractivity contribution in [3.8, 4) is 0 Å². The molecule has 0 N–H and O–H groups in total. The number of likely N-dealkylation sites (tertiary alicyclic amines) is 2. The van der Waals surface area contributed by atoms with E-state index in [0.29, 0.717) is 49.1 Å². The molecular formula is C46H51FN4O4. The van der Waals surface area contributed by atoms with Crippen LogP contribution in [0.25, 0.3) is 0 Å². The Balaban J connectivity index is 0.000000169. The number of rotatable bonds is 10. The Hall–Kier alpha value is -4.99. The van der Waals surface area contributed by atoms with Crippen molar-refractivity contribution in [1.82, 2.24) is 19.6 Å². The monoisotopic (exact) mass is 742 g/mol. The summed E-state index contributed by atoms with van der Waals surface area (Å²) in [4.78, 5) is 58.2. The first-order valence-electron chi connectivity index (χ1n) is 19.7. The van der Waals surface area contributed by atoms with E-state index < -0.39 is 0 Å². The number of benzene rings is 4. The van der Waals surface area contributed by atoms with Gasteiger partial charge in [-0.15, -0.1) is 0 Å². The molecule has 2 saturated heterocycles. The maximum atomic E-state index is 13.9. The molecular weight excluding hydrogens is 692 g/mol. The largest absolute Gasteiger partial charge is 0.334 e. The summed E-state index contributed by atoms with van der Waals surface area (Å²) in [6.45, 7) is 11.1. The molecule has 286 valence electrons. The summed E-state index contributed by atoms with van der Waals surface area (Å²) in [5, 5.41) is 0. The third kappa shape index (κ3) is 9.28. The highest BCUT2D eigenvalue weighted by molar-refractivity contribution is 5.99. The molecule has 0 radical (unpaired) electrons. The first-order chi connectivity index (χ1) is 26.6. The Kier molecular flexibility index (Phi) is 12.0. The molecule has 2 amide bonds. The van der Waals surface area contributed by atoms with Crippen molar-refractivity contribution in [3.63, 3.8) is 0 Å². The Morgan fingerprint density at radius 2 is 1.04 bits per heavy atom. The molecule has 0 atom stereocenters. The smallest absolute Gasteiger partial charge is 0.254 e. The van der Waals surface area contributed by atoms with Crippen molar-refractivity contribution in [2.75, 3.05) is 52.4 Å². The van der Waals surface area contributed by atoms with Crippen LogP contribution >= 0.6 is 0 Å². The van der Waals surface area contributed by atoms with Crippen LogP contribution in [0.4, 0.5) is 4.39 Å². The number of Topliss-reactive ketones (excluding diaryl/α,β-unsaturated/α-hetero) is 2. The molecule has 2 fully saturated rings. The lowest BCUT2D eigenvalue weighted by Gasteiger charge is -2.33. The van der Waals surface area contributed by atoms with Gasteiger partial charge < -0.3 is 9.80 Å². The molecule has 0 saturated carbocycles. The fourth-order valence-electron chi connectivity index (χ4n) is 8.31. The normalized spacial score (nSPS) is 17.9. The van der Waals surface area contributed by atoms with Gasteiger partial charge in [0.15, 0.2) is 11.6 Å². The van der Waals surface area contributed by atoms with E-state index in [2.05, 4.69) is 9.80 Å². The van der Waals surface area contributed by atoms with E-state index in [4.69, 9.17) is 0 Å². The number of hydrogen-bond donors (Lipinski definition) is 0. The Bertz CT molecular complexity index is 2010. The van der Waals surface area contributed by atoms with Crippen LogP contribution in [0.5, 0.6) is 0 Å². The number of aryl methyl sites for hydroxylation is 2. The Labute approximate surface area is 323 Å². The van der Waals surface area contributed by atoms with Crippen molar-refractivity contribution < 1.29 is 23.6 Å². The zero-order valence-corrected chi connectivity index (χ0v) is 32.0. The highest BCUT2D eigenvalue weighted by Gasteiger charge is 2.33. The Morgan fingerprint density at radius 3 is 1.53 bits per heavy atom. The second-order valence-electron chi connectivity index (χ2n) is 15.8. The van der Waals surface area contributed by atoms with E-state index in [1.807, 2.05) is 91.5 Å². The summed E-state index contributed by atoms with van der Waals surface area (Å²) in [5.41, 5.74) is 6.90. The predicted molar refractivity (Wildman–Crippen MR) is 212 cm³/mol. The van der Waals surface area contributed by atoms with E-state index in [9.17, 15) is 23.6 Å². The van der Waals surface area contributed by atoms with Crippen LogP contribution in [-0.4, -0.2) is 95.3 Å². The minimum Gasteiger partial charge on any atom is -0.334 e. The zero-order chi connectivity index (χ0) is 38.5. The van der Waals surface area contributed by atoms with Crippen LogP contribution in [0.1, 0.15) is 89.4 Å². The molecule has 4 aromatic rings. The maximum Gasteiger partial charge on any atom is 0.254 e. The van der Waals surface area contributed by atoms with E-state index in [1.54, 1.807) is 17.0 Å². The van der Waals surface area contributed by atoms with Crippen LogP contribution in [0.2, 0.25) is 0 Å². The van der Waals surface area contributed by atoms with Crippen molar-refractivity contribution in [2.24, 2.45) is 11.8 Å². The fourth-order valence-corrected chi connectivity index (χ4v) is 8.31. The molecule has 8 rings (SSSR count). The fraction of sp³-hybridized carbons (Fsp3) is 0.391. The lowest BCUT2D eigenvalue weighted by atomic mass is 9.95. The zero-order valence-electron chi connectivity index (χ0n) is 32.0. The summed E-state index contributed by atoms with van der Waals surface area (Å²) >= 11 is 0. The van der Waals surface area contributed by atoms with Crippen LogP contribution in [0.15, 0.2) is 91.0 Å². The molecule has 4 aliphatic heterocycles.